The van der Waals surface area contributed by atoms with E-state index in [1.807, 2.05) is 42.5 Å². The molecule has 0 spiro atoms. The standard InChI is InChI=1S/C24H30N4O3/c1-5-27(6-2)15-14-25-24(29)21-17-28(18-10-8-7-9-11-18)26-23(21)20-13-12-19(30-3)16-22(20)31-4/h7-13,16-17H,5-6,14-15H2,1-4H3,(H,25,29). The molecule has 3 aromatic rings. The maximum atomic E-state index is 13.1. The number of aromatic nitrogens is 2. The lowest BCUT2D eigenvalue weighted by Gasteiger charge is -2.18. The van der Waals surface area contributed by atoms with Gasteiger partial charge in [0.05, 0.1) is 25.5 Å². The minimum Gasteiger partial charge on any atom is -0.497 e. The Bertz CT molecular complexity index is 997. The Balaban J connectivity index is 1.98. The van der Waals surface area contributed by atoms with Crippen LogP contribution in [0.3, 0.4) is 0 Å². The third kappa shape index (κ3) is 5.24. The lowest BCUT2D eigenvalue weighted by atomic mass is 10.1. The van der Waals surface area contributed by atoms with Crippen molar-refractivity contribution in [3.05, 3.63) is 60.3 Å². The summed E-state index contributed by atoms with van der Waals surface area (Å²) in [4.78, 5) is 15.4. The van der Waals surface area contributed by atoms with Gasteiger partial charge in [-0.1, -0.05) is 32.0 Å². The van der Waals surface area contributed by atoms with Crippen LogP contribution in [0.5, 0.6) is 11.5 Å². The SMILES string of the molecule is CCN(CC)CCNC(=O)c1cn(-c2ccccc2)nc1-c1ccc(OC)cc1OC. The molecular weight excluding hydrogens is 392 g/mol. The molecule has 0 aliphatic heterocycles. The molecule has 0 aliphatic rings. The van der Waals surface area contributed by atoms with Crippen LogP contribution in [0.2, 0.25) is 0 Å². The number of nitrogens with zero attached hydrogens (tertiary/aromatic N) is 3. The molecule has 1 amide bonds. The highest BCUT2D eigenvalue weighted by Gasteiger charge is 2.21. The summed E-state index contributed by atoms with van der Waals surface area (Å²) in [6.07, 6.45) is 1.76. The first-order chi connectivity index (χ1) is 15.1. The number of benzene rings is 2. The molecule has 0 bridgehead atoms. The van der Waals surface area contributed by atoms with Crippen LogP contribution in [0.15, 0.2) is 54.7 Å². The first-order valence-electron chi connectivity index (χ1n) is 10.5. The number of likely N-dealkylation sites (N-methyl/N-ethyl adjacent to an activating group) is 1. The van der Waals surface area contributed by atoms with Gasteiger partial charge in [0.25, 0.3) is 5.91 Å². The van der Waals surface area contributed by atoms with Crippen LogP contribution in [0, 0.1) is 0 Å². The molecule has 7 nitrogen and oxygen atoms in total. The zero-order valence-electron chi connectivity index (χ0n) is 18.6. The molecule has 0 atom stereocenters. The maximum Gasteiger partial charge on any atom is 0.255 e. The van der Waals surface area contributed by atoms with E-state index in [2.05, 4.69) is 24.1 Å². The third-order valence-corrected chi connectivity index (χ3v) is 5.25. The van der Waals surface area contributed by atoms with Crippen molar-refractivity contribution in [3.8, 4) is 28.4 Å². The molecular formula is C24H30N4O3. The number of carbonyl (C=O) groups is 1. The van der Waals surface area contributed by atoms with Crippen LogP contribution >= 0.6 is 0 Å². The van der Waals surface area contributed by atoms with Crippen molar-refractivity contribution in [1.29, 1.82) is 0 Å². The van der Waals surface area contributed by atoms with Gasteiger partial charge in [0.15, 0.2) is 0 Å². The fourth-order valence-corrected chi connectivity index (χ4v) is 3.41. The minimum absolute atomic E-state index is 0.165. The van der Waals surface area contributed by atoms with Gasteiger partial charge in [-0.2, -0.15) is 5.10 Å². The summed E-state index contributed by atoms with van der Waals surface area (Å²) in [5.74, 6) is 1.10. The summed E-state index contributed by atoms with van der Waals surface area (Å²) < 4.78 is 12.6. The number of rotatable bonds is 10. The summed E-state index contributed by atoms with van der Waals surface area (Å²) in [5.41, 5.74) is 2.65. The molecule has 7 heteroatoms. The first-order valence-corrected chi connectivity index (χ1v) is 10.5. The van der Waals surface area contributed by atoms with Crippen LogP contribution in [-0.4, -0.2) is 61.0 Å². The van der Waals surface area contributed by atoms with Gasteiger partial charge >= 0.3 is 0 Å². The van der Waals surface area contributed by atoms with E-state index in [9.17, 15) is 4.79 Å². The molecule has 1 heterocycles. The van der Waals surface area contributed by atoms with Gasteiger partial charge in [0, 0.05) is 30.9 Å². The largest absolute Gasteiger partial charge is 0.497 e. The zero-order chi connectivity index (χ0) is 22.2. The van der Waals surface area contributed by atoms with E-state index in [-0.39, 0.29) is 5.91 Å². The topological polar surface area (TPSA) is 68.6 Å². The molecule has 0 saturated heterocycles. The maximum absolute atomic E-state index is 13.1. The van der Waals surface area contributed by atoms with E-state index in [4.69, 9.17) is 14.6 Å². The second-order valence-corrected chi connectivity index (χ2v) is 7.02. The molecule has 164 valence electrons. The number of hydrogen-bond donors (Lipinski definition) is 1. The average molecular weight is 423 g/mol. The molecule has 0 fully saturated rings. The number of carbonyl (C=O) groups excluding carboxylic acids is 1. The highest BCUT2D eigenvalue weighted by atomic mass is 16.5. The van der Waals surface area contributed by atoms with Crippen molar-refractivity contribution >= 4 is 5.91 Å². The van der Waals surface area contributed by atoms with Crippen molar-refractivity contribution in [2.75, 3.05) is 40.4 Å². The molecule has 31 heavy (non-hydrogen) atoms. The Morgan fingerprint density at radius 2 is 1.81 bits per heavy atom. The number of amides is 1. The summed E-state index contributed by atoms with van der Waals surface area (Å²) in [5, 5.41) is 7.77. The number of methoxy groups -OCH3 is 2. The number of hydrogen-bond acceptors (Lipinski definition) is 5. The highest BCUT2D eigenvalue weighted by Crippen LogP contribution is 2.34. The molecule has 1 N–H and O–H groups in total. The van der Waals surface area contributed by atoms with E-state index in [1.165, 1.54) is 0 Å². The van der Waals surface area contributed by atoms with Crippen molar-refractivity contribution in [3.63, 3.8) is 0 Å². The zero-order valence-corrected chi connectivity index (χ0v) is 18.6. The molecule has 0 saturated carbocycles. The Morgan fingerprint density at radius 3 is 2.45 bits per heavy atom. The Labute approximate surface area is 183 Å². The van der Waals surface area contributed by atoms with E-state index >= 15 is 0 Å². The van der Waals surface area contributed by atoms with Crippen molar-refractivity contribution in [2.45, 2.75) is 13.8 Å². The van der Waals surface area contributed by atoms with E-state index < -0.39 is 0 Å². The molecule has 0 radical (unpaired) electrons. The van der Waals surface area contributed by atoms with E-state index in [0.717, 1.165) is 30.9 Å². The summed E-state index contributed by atoms with van der Waals surface area (Å²) in [7, 11) is 3.20. The second-order valence-electron chi connectivity index (χ2n) is 7.02. The summed E-state index contributed by atoms with van der Waals surface area (Å²) >= 11 is 0. The van der Waals surface area contributed by atoms with Gasteiger partial charge in [-0.05, 0) is 37.4 Å². The van der Waals surface area contributed by atoms with E-state index in [0.29, 0.717) is 29.3 Å². The highest BCUT2D eigenvalue weighted by molar-refractivity contribution is 6.00. The van der Waals surface area contributed by atoms with Gasteiger partial charge < -0.3 is 19.7 Å². The van der Waals surface area contributed by atoms with Crippen LogP contribution in [-0.2, 0) is 0 Å². The third-order valence-electron chi connectivity index (χ3n) is 5.25. The number of ether oxygens (including phenoxy) is 2. The fraction of sp³-hybridized carbons (Fsp3) is 0.333. The van der Waals surface area contributed by atoms with Gasteiger partial charge in [-0.15, -0.1) is 0 Å². The molecule has 2 aromatic carbocycles. The minimum atomic E-state index is -0.165. The predicted octanol–water partition coefficient (Wildman–Crippen LogP) is 3.63. The normalized spacial score (nSPS) is 10.9. The summed E-state index contributed by atoms with van der Waals surface area (Å²) in [6, 6.07) is 15.2. The lowest BCUT2D eigenvalue weighted by Crippen LogP contribution is -2.34. The second kappa shape index (κ2) is 10.6. The predicted molar refractivity (Wildman–Crippen MR) is 122 cm³/mol. The van der Waals surface area contributed by atoms with Crippen LogP contribution < -0.4 is 14.8 Å². The Kier molecular flexibility index (Phi) is 7.67. The van der Waals surface area contributed by atoms with Gasteiger partial charge in [-0.25, -0.2) is 4.68 Å². The molecule has 3 rings (SSSR count). The quantitative estimate of drug-likeness (QED) is 0.540. The summed E-state index contributed by atoms with van der Waals surface area (Å²) in [6.45, 7) is 7.49. The lowest BCUT2D eigenvalue weighted by molar-refractivity contribution is 0.0949. The Morgan fingerprint density at radius 1 is 1.06 bits per heavy atom. The van der Waals surface area contributed by atoms with E-state index in [1.54, 1.807) is 31.2 Å². The monoisotopic (exact) mass is 422 g/mol. The Hall–Kier alpha value is -3.32. The van der Waals surface area contributed by atoms with Crippen molar-refractivity contribution in [2.24, 2.45) is 0 Å². The van der Waals surface area contributed by atoms with Crippen molar-refractivity contribution < 1.29 is 14.3 Å². The molecule has 0 aliphatic carbocycles. The van der Waals surface area contributed by atoms with Gasteiger partial charge in [0.2, 0.25) is 0 Å². The molecule has 0 unspecified atom stereocenters. The van der Waals surface area contributed by atoms with Gasteiger partial charge in [-0.3, -0.25) is 4.79 Å². The van der Waals surface area contributed by atoms with Crippen LogP contribution in [0.1, 0.15) is 24.2 Å². The molecule has 1 aromatic heterocycles. The van der Waals surface area contributed by atoms with Crippen LogP contribution in [0.25, 0.3) is 16.9 Å². The van der Waals surface area contributed by atoms with Crippen LogP contribution in [0.4, 0.5) is 0 Å². The smallest absolute Gasteiger partial charge is 0.255 e. The average Bonchev–Trinajstić information content (AvgIpc) is 3.27. The fourth-order valence-electron chi connectivity index (χ4n) is 3.41. The first kappa shape index (κ1) is 22.4. The van der Waals surface area contributed by atoms with Gasteiger partial charge in [0.1, 0.15) is 17.2 Å². The number of para-hydroxylation sites is 1. The van der Waals surface area contributed by atoms with Crippen molar-refractivity contribution in [1.82, 2.24) is 20.0 Å². The number of nitrogens with one attached hydrogen (secondary N) is 1.